The number of hydrogen-bond acceptors (Lipinski definition) is 11. The maximum absolute atomic E-state index is 14.9. The third-order valence-electron chi connectivity index (χ3n) is 13.1. The molecule has 23 heteroatoms. The fourth-order valence-corrected chi connectivity index (χ4v) is 10.4. The second-order valence-electron chi connectivity index (χ2n) is 17.9. The van der Waals surface area contributed by atoms with Gasteiger partial charge in [-0.3, -0.25) is 19.1 Å². The van der Waals surface area contributed by atoms with E-state index < -0.39 is 136 Å². The van der Waals surface area contributed by atoms with Crippen LogP contribution in [0.1, 0.15) is 77.3 Å². The van der Waals surface area contributed by atoms with Crippen molar-refractivity contribution in [2.45, 2.75) is 118 Å². The molecule has 1 aromatic carbocycles. The summed E-state index contributed by atoms with van der Waals surface area (Å²) in [6.45, 7) is 0.613. The summed E-state index contributed by atoms with van der Waals surface area (Å²) in [6.07, 6.45) is -9.76. The molecular weight excluding hydrogens is 900 g/mol. The molecule has 0 radical (unpaired) electrons. The van der Waals surface area contributed by atoms with Crippen LogP contribution in [-0.2, 0) is 40.1 Å². The van der Waals surface area contributed by atoms with Crippen molar-refractivity contribution in [1.82, 2.24) is 25.2 Å². The molecule has 4 heterocycles. The lowest BCUT2D eigenvalue weighted by Crippen LogP contribution is -2.60. The number of fused-ring (bicyclic) bond motifs is 3. The van der Waals surface area contributed by atoms with Crippen molar-refractivity contribution >= 4 is 44.6 Å². The molecule has 15 nitrogen and oxygen atoms in total. The molecule has 2 aliphatic carbocycles. The summed E-state index contributed by atoms with van der Waals surface area (Å²) in [4.78, 5) is 61.7. The smallest absolute Gasteiger partial charge is 0.433 e. The predicted molar refractivity (Wildman–Crippen MR) is 215 cm³/mol. The lowest BCUT2D eigenvalue weighted by Gasteiger charge is -2.38. The number of carbonyl (C=O) groups is 4. The number of carbonyl (C=O) groups excluding carboxylic acids is 4. The van der Waals surface area contributed by atoms with Crippen LogP contribution in [0.15, 0.2) is 36.4 Å². The largest absolute Gasteiger partial charge is 0.497 e. The number of amides is 4. The number of alkyl halides is 7. The number of allylic oxidation sites excluding steroid dienone is 1. The number of sulfonamides is 1. The van der Waals surface area contributed by atoms with Gasteiger partial charge in [0, 0.05) is 30.8 Å². The maximum atomic E-state index is 14.9. The Bertz CT molecular complexity index is 2320. The van der Waals surface area contributed by atoms with Gasteiger partial charge in [-0.1, -0.05) is 26.0 Å². The highest BCUT2D eigenvalue weighted by atomic mass is 32.2. The summed E-state index contributed by atoms with van der Waals surface area (Å²) < 4.78 is 148. The van der Waals surface area contributed by atoms with Crippen LogP contribution < -0.4 is 24.8 Å². The first-order valence-electron chi connectivity index (χ1n) is 21.3. The lowest BCUT2D eigenvalue weighted by atomic mass is 9.88. The average molecular weight is 950 g/mol. The first-order chi connectivity index (χ1) is 30.5. The van der Waals surface area contributed by atoms with E-state index in [0.717, 1.165) is 11.0 Å². The lowest BCUT2D eigenvalue weighted by molar-refractivity contribution is -0.285. The zero-order valence-electron chi connectivity index (χ0n) is 35.7. The van der Waals surface area contributed by atoms with Gasteiger partial charge in [0.05, 0.1) is 20.3 Å². The highest BCUT2D eigenvalue weighted by molar-refractivity contribution is 7.91. The van der Waals surface area contributed by atoms with Gasteiger partial charge in [-0.15, -0.1) is 0 Å². The molecule has 5 aliphatic rings. The fourth-order valence-electron chi connectivity index (χ4n) is 8.94. The van der Waals surface area contributed by atoms with Gasteiger partial charge >= 0.3 is 18.4 Å². The molecule has 4 fully saturated rings. The molecular formula is C42H50F7N5O10S. The molecule has 8 atom stereocenters. The molecule has 1 unspecified atom stereocenters. The number of aromatic nitrogens is 1. The van der Waals surface area contributed by atoms with E-state index in [1.54, 1.807) is 19.1 Å². The number of nitrogens with one attached hydrogen (secondary N) is 3. The topological polar surface area (TPSA) is 192 Å². The van der Waals surface area contributed by atoms with E-state index in [1.165, 1.54) is 25.3 Å². The van der Waals surface area contributed by atoms with Crippen LogP contribution in [0, 0.1) is 17.8 Å². The van der Waals surface area contributed by atoms with E-state index in [2.05, 4.69) is 15.6 Å². The number of pyridine rings is 1. The zero-order chi connectivity index (χ0) is 47.3. The SMILES string of the molecule is COc1ccc2c(O[C@@H]3C[C@H]4C(=O)N[C@]5(C(=O)NS(=O)(=O)C6(CF)CC6)C[C@H]5/C=C\CC[C@H](C)C[C@@H](C)[C@H](NC(=O)OC5(C(F)(F)F)CCCOC5)C(=O)N4C3)nc(C(F)(F)F)cc2c1. The molecule has 358 valence electrons. The van der Waals surface area contributed by atoms with Gasteiger partial charge < -0.3 is 34.5 Å². The number of alkyl carbamates (subject to hydrolysis) is 1. The van der Waals surface area contributed by atoms with Gasteiger partial charge in [-0.05, 0) is 86.4 Å². The third kappa shape index (κ3) is 9.67. The van der Waals surface area contributed by atoms with Gasteiger partial charge in [0.1, 0.15) is 46.6 Å². The zero-order valence-corrected chi connectivity index (χ0v) is 36.5. The minimum absolute atomic E-state index is 0.00636. The summed E-state index contributed by atoms with van der Waals surface area (Å²) in [7, 11) is -3.25. The first-order valence-corrected chi connectivity index (χ1v) is 22.7. The Labute approximate surface area is 369 Å². The van der Waals surface area contributed by atoms with Crippen molar-refractivity contribution in [2.75, 3.05) is 33.5 Å². The first kappa shape index (κ1) is 48.0. The Morgan fingerprint density at radius 3 is 2.43 bits per heavy atom. The van der Waals surface area contributed by atoms with Gasteiger partial charge in [0.25, 0.3) is 5.91 Å². The Kier molecular flexibility index (Phi) is 13.1. The van der Waals surface area contributed by atoms with E-state index in [-0.39, 0.29) is 61.2 Å². The van der Waals surface area contributed by atoms with Crippen LogP contribution in [0.3, 0.4) is 0 Å². The Balaban J connectivity index is 1.26. The number of halogens is 7. The molecule has 7 rings (SSSR count). The van der Waals surface area contributed by atoms with Crippen LogP contribution in [-0.4, -0.2) is 116 Å². The standard InChI is InChI=1S/C42H50F7N5O10S/c1-23-7-4-5-8-26-19-40(26,36(57)53-65(59,60)38(21-43)12-13-38)52-33(55)30-18-28(63-34-29-10-9-27(61-3)16-25(29)17-31(50-34)41(44,45)46)20-54(30)35(56)32(24(2)15-23)51-37(58)64-39(42(47,48)49)11-6-14-62-22-39/h5,8-10,16-17,23-24,26,28,30,32H,4,6-7,11-15,18-22H2,1-3H3,(H,51,58)(H,52,55)(H,53,57)/b8-5-/t23-,24+,26+,28+,30-,32-,39?,40+/m0/s1. The number of methoxy groups -OCH3 is 1. The van der Waals surface area contributed by atoms with Crippen molar-refractivity contribution in [3.8, 4) is 11.6 Å². The molecule has 3 N–H and O–H groups in total. The van der Waals surface area contributed by atoms with Gasteiger partial charge in [0.15, 0.2) is 0 Å². The minimum Gasteiger partial charge on any atom is -0.497 e. The van der Waals surface area contributed by atoms with Crippen molar-refractivity contribution in [3.05, 3.63) is 42.1 Å². The molecule has 1 aromatic heterocycles. The van der Waals surface area contributed by atoms with E-state index in [4.69, 9.17) is 18.9 Å². The maximum Gasteiger partial charge on any atom is 0.433 e. The number of benzene rings is 1. The Hall–Kier alpha value is -4.93. The third-order valence-corrected chi connectivity index (χ3v) is 15.2. The van der Waals surface area contributed by atoms with Crippen LogP contribution in [0.5, 0.6) is 11.6 Å². The number of nitrogens with zero attached hydrogens (tertiary/aromatic N) is 2. The second-order valence-corrected chi connectivity index (χ2v) is 20.0. The molecule has 2 saturated heterocycles. The molecule has 2 saturated carbocycles. The van der Waals surface area contributed by atoms with Crippen molar-refractivity contribution in [1.29, 1.82) is 0 Å². The Morgan fingerprint density at radius 2 is 1.80 bits per heavy atom. The molecule has 0 bridgehead atoms. The van der Waals surface area contributed by atoms with Crippen LogP contribution in [0.25, 0.3) is 10.8 Å². The molecule has 3 aliphatic heterocycles. The Morgan fingerprint density at radius 1 is 1.06 bits per heavy atom. The van der Waals surface area contributed by atoms with Gasteiger partial charge in [-0.25, -0.2) is 22.6 Å². The predicted octanol–water partition coefficient (Wildman–Crippen LogP) is 5.65. The minimum atomic E-state index is -5.06. The van der Waals surface area contributed by atoms with E-state index in [0.29, 0.717) is 12.8 Å². The van der Waals surface area contributed by atoms with E-state index in [1.807, 2.05) is 11.6 Å². The summed E-state index contributed by atoms with van der Waals surface area (Å²) >= 11 is 0. The summed E-state index contributed by atoms with van der Waals surface area (Å²) in [5.74, 6) is -5.26. The van der Waals surface area contributed by atoms with Crippen molar-refractivity contribution in [3.63, 3.8) is 0 Å². The quantitative estimate of drug-likeness (QED) is 0.208. The average Bonchev–Trinajstić information content (AvgIpc) is 4.15. The van der Waals surface area contributed by atoms with Crippen molar-refractivity contribution < 1.29 is 77.3 Å². The van der Waals surface area contributed by atoms with Crippen molar-refractivity contribution in [2.24, 2.45) is 17.8 Å². The summed E-state index contributed by atoms with van der Waals surface area (Å²) in [6, 6.07) is 1.67. The number of rotatable bonds is 9. The fraction of sp³-hybridized carbons (Fsp3) is 0.643. The van der Waals surface area contributed by atoms with Crippen LogP contribution >= 0.6 is 0 Å². The number of ether oxygens (including phenoxy) is 4. The highest BCUT2D eigenvalue weighted by Gasteiger charge is 2.64. The summed E-state index contributed by atoms with van der Waals surface area (Å²) in [5, 5.41) is 5.04. The molecule has 65 heavy (non-hydrogen) atoms. The molecule has 0 spiro atoms. The summed E-state index contributed by atoms with van der Waals surface area (Å²) in [5.41, 5.74) is -6.28. The monoisotopic (exact) mass is 949 g/mol. The van der Waals surface area contributed by atoms with Crippen LogP contribution in [0.2, 0.25) is 0 Å². The second kappa shape index (κ2) is 17.7. The number of hydrogen-bond donors (Lipinski definition) is 3. The van der Waals surface area contributed by atoms with E-state index in [9.17, 15) is 58.3 Å². The normalized spacial score (nSPS) is 31.3. The van der Waals surface area contributed by atoms with E-state index >= 15 is 0 Å². The van der Waals surface area contributed by atoms with Gasteiger partial charge in [-0.2, -0.15) is 26.3 Å². The molecule has 4 amide bonds. The molecule has 2 aromatic rings. The van der Waals surface area contributed by atoms with Crippen LogP contribution in [0.4, 0.5) is 35.5 Å². The van der Waals surface area contributed by atoms with Gasteiger partial charge in [0.2, 0.25) is 33.3 Å². The highest BCUT2D eigenvalue weighted by Crippen LogP contribution is 2.48.